The van der Waals surface area contributed by atoms with Crippen LogP contribution in [0.2, 0.25) is 0 Å². The molecule has 0 aromatic heterocycles. The Morgan fingerprint density at radius 1 is 0.841 bits per heavy atom. The first-order valence-electron chi connectivity index (χ1n) is 12.9. The van der Waals surface area contributed by atoms with Crippen LogP contribution < -0.4 is 4.90 Å². The maximum Gasteiger partial charge on any atom is 0.416 e. The smallest absolute Gasteiger partial charge is 0.416 e. The molecular weight excluding hydrogens is 606 g/mol. The third-order valence-corrected chi connectivity index (χ3v) is 6.85. The summed E-state index contributed by atoms with van der Waals surface area (Å²) in [5.74, 6) is -1.99. The highest BCUT2D eigenvalue weighted by molar-refractivity contribution is 6.05. The Morgan fingerprint density at radius 3 is 1.82 bits per heavy atom. The summed E-state index contributed by atoms with van der Waals surface area (Å²) in [6.45, 7) is 2.23. The zero-order chi connectivity index (χ0) is 33.1. The number of carbonyl (C=O) groups excluding carboxylic acids is 4. The van der Waals surface area contributed by atoms with Crippen molar-refractivity contribution in [1.82, 2.24) is 4.90 Å². The monoisotopic (exact) mass is 634 g/mol. The van der Waals surface area contributed by atoms with Gasteiger partial charge in [-0.15, -0.1) is 0 Å². The fraction of sp³-hybridized carbons (Fsp3) is 0.429. The normalized spacial score (nSPS) is 16.5. The summed E-state index contributed by atoms with van der Waals surface area (Å²) in [5, 5.41) is 0. The van der Waals surface area contributed by atoms with Crippen LogP contribution in [0.3, 0.4) is 0 Å². The van der Waals surface area contributed by atoms with Crippen molar-refractivity contribution in [2.75, 3.05) is 32.8 Å². The van der Waals surface area contributed by atoms with Crippen LogP contribution in [0.25, 0.3) is 0 Å². The molecule has 2 aromatic rings. The van der Waals surface area contributed by atoms with Crippen LogP contribution in [-0.2, 0) is 37.8 Å². The third kappa shape index (κ3) is 7.00. The van der Waals surface area contributed by atoms with Crippen LogP contribution in [-0.4, -0.2) is 63.0 Å². The average Bonchev–Trinajstić information content (AvgIpc) is 2.96. The second-order valence-electron chi connectivity index (χ2n) is 9.62. The van der Waals surface area contributed by atoms with E-state index in [9.17, 15) is 45.5 Å². The Hall–Kier alpha value is -4.50. The van der Waals surface area contributed by atoms with Crippen molar-refractivity contribution in [3.63, 3.8) is 0 Å². The van der Waals surface area contributed by atoms with E-state index in [2.05, 4.69) is 0 Å². The van der Waals surface area contributed by atoms with Crippen LogP contribution in [0.1, 0.15) is 69.3 Å². The van der Waals surface area contributed by atoms with E-state index in [1.54, 1.807) is 13.8 Å². The lowest BCUT2D eigenvalue weighted by atomic mass is 9.87. The molecule has 10 nitrogen and oxygen atoms in total. The van der Waals surface area contributed by atoms with E-state index in [0.717, 1.165) is 43.3 Å². The predicted octanol–water partition coefficient (Wildman–Crippen LogP) is 6.36. The van der Waals surface area contributed by atoms with Gasteiger partial charge in [-0.3, -0.25) is 9.80 Å². The Labute approximate surface area is 247 Å². The molecule has 1 aliphatic heterocycles. The van der Waals surface area contributed by atoms with Gasteiger partial charge in [-0.05, 0) is 61.7 Å². The maximum absolute atomic E-state index is 13.6. The lowest BCUT2D eigenvalue weighted by Gasteiger charge is -2.42. The molecule has 0 bridgehead atoms. The van der Waals surface area contributed by atoms with E-state index < -0.39 is 71.8 Å². The molecule has 0 spiro atoms. The van der Waals surface area contributed by atoms with Crippen molar-refractivity contribution in [3.05, 3.63) is 63.7 Å². The highest BCUT2D eigenvalue weighted by Gasteiger charge is 2.42. The van der Waals surface area contributed by atoms with E-state index in [1.165, 1.54) is 0 Å². The van der Waals surface area contributed by atoms with Gasteiger partial charge in [0.25, 0.3) is 0 Å². The average molecular weight is 635 g/mol. The number of hydrogen-bond donors (Lipinski definition) is 0. The van der Waals surface area contributed by atoms with Gasteiger partial charge in [0.2, 0.25) is 0 Å². The number of anilines is 1. The van der Waals surface area contributed by atoms with Crippen molar-refractivity contribution in [2.24, 2.45) is 0 Å². The number of amides is 2. The molecular formula is C28H28F6N2O8. The van der Waals surface area contributed by atoms with Crippen LogP contribution in [0, 0.1) is 0 Å². The molecule has 0 saturated carbocycles. The first-order valence-corrected chi connectivity index (χ1v) is 12.9. The van der Waals surface area contributed by atoms with Crippen molar-refractivity contribution in [1.29, 1.82) is 0 Å². The van der Waals surface area contributed by atoms with Crippen LogP contribution in [0.5, 0.6) is 0 Å². The number of ether oxygens (including phenoxy) is 4. The summed E-state index contributed by atoms with van der Waals surface area (Å²) < 4.78 is 101. The van der Waals surface area contributed by atoms with Gasteiger partial charge >= 0.3 is 36.5 Å². The maximum atomic E-state index is 13.6. The van der Waals surface area contributed by atoms with Crippen molar-refractivity contribution < 1.29 is 64.5 Å². The first-order chi connectivity index (χ1) is 20.5. The Kier molecular flexibility index (Phi) is 10.1. The lowest BCUT2D eigenvalue weighted by Crippen LogP contribution is -2.48. The quantitative estimate of drug-likeness (QED) is 0.205. The Bertz CT molecular complexity index is 1410. The van der Waals surface area contributed by atoms with Gasteiger partial charge in [0.05, 0.1) is 61.9 Å². The van der Waals surface area contributed by atoms with E-state index in [-0.39, 0.29) is 41.5 Å². The number of rotatable bonds is 6. The van der Waals surface area contributed by atoms with Crippen molar-refractivity contribution >= 4 is 29.8 Å². The second-order valence-corrected chi connectivity index (χ2v) is 9.62. The number of hydrogen-bond acceptors (Lipinski definition) is 8. The molecule has 0 saturated heterocycles. The molecule has 2 atom stereocenters. The number of nitrogens with zero attached hydrogens (tertiary/aromatic N) is 2. The minimum absolute atomic E-state index is 0.0256. The Morgan fingerprint density at radius 2 is 1.36 bits per heavy atom. The molecule has 1 heterocycles. The molecule has 1 aliphatic rings. The third-order valence-electron chi connectivity index (χ3n) is 6.85. The number of carbonyl (C=O) groups is 4. The number of esters is 2. The number of halogens is 6. The Balaban J connectivity index is 2.31. The highest BCUT2D eigenvalue weighted by Crippen LogP contribution is 2.44. The number of methoxy groups -OCH3 is 3. The fourth-order valence-electron chi connectivity index (χ4n) is 4.92. The second kappa shape index (κ2) is 13.0. The topological polar surface area (TPSA) is 112 Å². The molecule has 16 heteroatoms. The zero-order valence-corrected chi connectivity index (χ0v) is 24.1. The predicted molar refractivity (Wildman–Crippen MR) is 140 cm³/mol. The largest absolute Gasteiger partial charge is 0.465 e. The highest BCUT2D eigenvalue weighted by atomic mass is 19.4. The van der Waals surface area contributed by atoms with Gasteiger partial charge < -0.3 is 18.9 Å². The molecule has 3 rings (SSSR count). The molecule has 0 radical (unpaired) electrons. The molecule has 44 heavy (non-hydrogen) atoms. The van der Waals surface area contributed by atoms with Crippen LogP contribution in [0.15, 0.2) is 30.3 Å². The molecule has 0 N–H and O–H groups in total. The van der Waals surface area contributed by atoms with Gasteiger partial charge in [-0.1, -0.05) is 0 Å². The van der Waals surface area contributed by atoms with E-state index >= 15 is 0 Å². The SMILES string of the molecule is CCOC(=O)N1c2cc(C(=O)OC)c(C(=O)OC)cc2[C@@H](N(Cc2cc(C(F)(F)F)cc(C(F)(F)F)c2)C(=O)OC)C[C@H]1C. The van der Waals surface area contributed by atoms with Crippen LogP contribution in [0.4, 0.5) is 41.6 Å². The summed E-state index contributed by atoms with van der Waals surface area (Å²) in [7, 11) is 3.03. The van der Waals surface area contributed by atoms with Crippen LogP contribution >= 0.6 is 0 Å². The van der Waals surface area contributed by atoms with E-state index in [0.29, 0.717) is 12.1 Å². The summed E-state index contributed by atoms with van der Waals surface area (Å²) in [6.07, 6.45) is -12.4. The van der Waals surface area contributed by atoms with E-state index in [4.69, 9.17) is 18.9 Å². The number of benzene rings is 2. The van der Waals surface area contributed by atoms with Gasteiger partial charge in [0, 0.05) is 12.6 Å². The fourth-order valence-corrected chi connectivity index (χ4v) is 4.92. The van der Waals surface area contributed by atoms with Gasteiger partial charge in [-0.25, -0.2) is 19.2 Å². The summed E-state index contributed by atoms with van der Waals surface area (Å²) >= 11 is 0. The first kappa shape index (κ1) is 34.0. The molecule has 0 unspecified atom stereocenters. The molecule has 2 amide bonds. The zero-order valence-electron chi connectivity index (χ0n) is 24.1. The molecule has 2 aromatic carbocycles. The number of alkyl halides is 6. The molecule has 0 aliphatic carbocycles. The van der Waals surface area contributed by atoms with Crippen molar-refractivity contribution in [2.45, 2.75) is 51.2 Å². The minimum Gasteiger partial charge on any atom is -0.465 e. The summed E-state index contributed by atoms with van der Waals surface area (Å²) in [5.41, 5.74) is -4.38. The molecule has 240 valence electrons. The summed E-state index contributed by atoms with van der Waals surface area (Å²) in [4.78, 5) is 53.4. The standard InChI is InChI=1S/C28H28F6N2O8/c1-6-44-26(40)36-14(2)7-21(20-11-18(23(37)41-3)19(12-22(20)36)24(38)42-4)35(25(39)43-5)13-15-8-16(27(29,30)31)10-17(9-15)28(32,33)34/h8-12,14,21H,6-7,13H2,1-5H3/t14-,21+/m1/s1. The number of fused-ring (bicyclic) bond motifs is 1. The van der Waals surface area contributed by atoms with Gasteiger partial charge in [0.15, 0.2) is 0 Å². The van der Waals surface area contributed by atoms with Gasteiger partial charge in [0.1, 0.15) is 0 Å². The van der Waals surface area contributed by atoms with Gasteiger partial charge in [-0.2, -0.15) is 26.3 Å². The molecule has 0 fully saturated rings. The lowest BCUT2D eigenvalue weighted by molar-refractivity contribution is -0.143. The van der Waals surface area contributed by atoms with Crippen molar-refractivity contribution in [3.8, 4) is 0 Å². The van der Waals surface area contributed by atoms with E-state index in [1.807, 2.05) is 0 Å². The summed E-state index contributed by atoms with van der Waals surface area (Å²) in [6, 6.07) is 1.18. The minimum atomic E-state index is -5.14.